The molecule has 1 aromatic rings. The number of nitrogens with zero attached hydrogens (tertiary/aromatic N) is 1. The van der Waals surface area contributed by atoms with E-state index >= 15 is 0 Å². The first-order valence-corrected chi connectivity index (χ1v) is 9.33. The van der Waals surface area contributed by atoms with Crippen LogP contribution in [0.1, 0.15) is 24.8 Å². The lowest BCUT2D eigenvalue weighted by molar-refractivity contribution is -0.132. The van der Waals surface area contributed by atoms with Gasteiger partial charge in [0, 0.05) is 25.6 Å². The topological polar surface area (TPSA) is 66.5 Å². The summed E-state index contributed by atoms with van der Waals surface area (Å²) in [6.07, 6.45) is 3.01. The number of halogens is 2. The van der Waals surface area contributed by atoms with Gasteiger partial charge in [-0.05, 0) is 37.0 Å². The summed E-state index contributed by atoms with van der Waals surface area (Å²) < 4.78 is 51.0. The molecule has 1 heterocycles. The highest BCUT2D eigenvalue weighted by atomic mass is 32.2. The van der Waals surface area contributed by atoms with Gasteiger partial charge < -0.3 is 4.90 Å². The summed E-state index contributed by atoms with van der Waals surface area (Å²) in [5, 5.41) is 0. The first kappa shape index (κ1) is 17.8. The van der Waals surface area contributed by atoms with Crippen LogP contribution in [0.15, 0.2) is 18.2 Å². The highest BCUT2D eigenvalue weighted by Gasteiger charge is 2.25. The molecule has 0 saturated carbocycles. The van der Waals surface area contributed by atoms with Crippen molar-refractivity contribution in [2.45, 2.75) is 31.7 Å². The van der Waals surface area contributed by atoms with Crippen LogP contribution in [0.5, 0.6) is 0 Å². The van der Waals surface area contributed by atoms with Crippen LogP contribution in [0.4, 0.5) is 8.78 Å². The van der Waals surface area contributed by atoms with Gasteiger partial charge in [0.25, 0.3) is 0 Å². The summed E-state index contributed by atoms with van der Waals surface area (Å²) in [4.78, 5) is 13.8. The number of carbonyl (C=O) groups excluding carboxylic acids is 1. The Bertz CT molecular complexity index is 679. The Labute approximate surface area is 134 Å². The molecule has 1 aliphatic heterocycles. The monoisotopic (exact) mass is 346 g/mol. The van der Waals surface area contributed by atoms with Crippen LogP contribution in [0.2, 0.25) is 0 Å². The second kappa shape index (κ2) is 7.35. The van der Waals surface area contributed by atoms with E-state index in [1.807, 2.05) is 0 Å². The van der Waals surface area contributed by atoms with Gasteiger partial charge in [0.15, 0.2) is 11.6 Å². The number of aryl methyl sites for hydroxylation is 1. The number of nitrogens with one attached hydrogen (secondary N) is 1. The first-order chi connectivity index (χ1) is 10.7. The van der Waals surface area contributed by atoms with E-state index in [9.17, 15) is 22.0 Å². The van der Waals surface area contributed by atoms with Crippen molar-refractivity contribution in [1.29, 1.82) is 0 Å². The Morgan fingerprint density at radius 3 is 2.74 bits per heavy atom. The molecular weight excluding hydrogens is 326 g/mol. The number of benzene rings is 1. The van der Waals surface area contributed by atoms with Crippen LogP contribution in [0.25, 0.3) is 0 Å². The van der Waals surface area contributed by atoms with Gasteiger partial charge in [0.2, 0.25) is 15.9 Å². The fourth-order valence-electron chi connectivity index (χ4n) is 2.71. The lowest BCUT2D eigenvalue weighted by atomic mass is 10.0. The number of rotatable bonds is 5. The molecule has 0 spiro atoms. The van der Waals surface area contributed by atoms with Gasteiger partial charge in [-0.3, -0.25) is 4.79 Å². The molecule has 1 amide bonds. The van der Waals surface area contributed by atoms with Crippen molar-refractivity contribution in [3.63, 3.8) is 0 Å². The minimum atomic E-state index is -3.30. The Morgan fingerprint density at radius 2 is 2.09 bits per heavy atom. The summed E-state index contributed by atoms with van der Waals surface area (Å²) in [7, 11) is -3.30. The molecule has 1 aromatic carbocycles. The summed E-state index contributed by atoms with van der Waals surface area (Å²) >= 11 is 0. The second-order valence-corrected chi connectivity index (χ2v) is 7.60. The van der Waals surface area contributed by atoms with E-state index in [0.717, 1.165) is 24.8 Å². The number of piperidine rings is 1. The lowest BCUT2D eigenvalue weighted by Crippen LogP contribution is -2.49. The van der Waals surface area contributed by atoms with Crippen molar-refractivity contribution in [3.8, 4) is 0 Å². The highest BCUT2D eigenvalue weighted by molar-refractivity contribution is 7.88. The van der Waals surface area contributed by atoms with Crippen LogP contribution >= 0.6 is 0 Å². The van der Waals surface area contributed by atoms with Crippen molar-refractivity contribution < 1.29 is 22.0 Å². The number of amides is 1. The van der Waals surface area contributed by atoms with Gasteiger partial charge in [-0.2, -0.15) is 0 Å². The van der Waals surface area contributed by atoms with Crippen molar-refractivity contribution in [2.75, 3.05) is 19.3 Å². The van der Waals surface area contributed by atoms with Gasteiger partial charge in [-0.1, -0.05) is 6.07 Å². The van der Waals surface area contributed by atoms with Crippen molar-refractivity contribution in [3.05, 3.63) is 35.4 Å². The quantitative estimate of drug-likeness (QED) is 0.877. The molecule has 1 saturated heterocycles. The Hall–Kier alpha value is -1.54. The molecule has 5 nitrogen and oxygen atoms in total. The maximum Gasteiger partial charge on any atom is 0.222 e. The van der Waals surface area contributed by atoms with Crippen LogP contribution < -0.4 is 4.72 Å². The third-order valence-corrected chi connectivity index (χ3v) is 4.53. The largest absolute Gasteiger partial charge is 0.341 e. The van der Waals surface area contributed by atoms with E-state index in [1.54, 1.807) is 4.90 Å². The molecule has 1 unspecified atom stereocenters. The molecule has 2 rings (SSSR count). The van der Waals surface area contributed by atoms with Crippen molar-refractivity contribution in [1.82, 2.24) is 9.62 Å². The molecule has 0 aromatic heterocycles. The second-order valence-electron chi connectivity index (χ2n) is 5.82. The van der Waals surface area contributed by atoms with Gasteiger partial charge in [-0.15, -0.1) is 0 Å². The zero-order valence-electron chi connectivity index (χ0n) is 12.9. The molecule has 0 aliphatic carbocycles. The molecule has 8 heteroatoms. The number of hydrogen-bond acceptors (Lipinski definition) is 3. The average Bonchev–Trinajstić information content (AvgIpc) is 2.46. The van der Waals surface area contributed by atoms with Crippen molar-refractivity contribution >= 4 is 15.9 Å². The van der Waals surface area contributed by atoms with E-state index in [4.69, 9.17) is 0 Å². The zero-order chi connectivity index (χ0) is 17.0. The van der Waals surface area contributed by atoms with Crippen LogP contribution in [-0.2, 0) is 21.2 Å². The SMILES string of the molecule is CS(=O)(=O)NC1CCCN(C(=O)CCc2ccc(F)c(F)c2)C1. The predicted molar refractivity (Wildman–Crippen MR) is 82.3 cm³/mol. The lowest BCUT2D eigenvalue weighted by Gasteiger charge is -2.32. The van der Waals surface area contributed by atoms with Crippen LogP contribution in [-0.4, -0.2) is 44.6 Å². The fourth-order valence-corrected chi connectivity index (χ4v) is 3.51. The number of carbonyl (C=O) groups is 1. The predicted octanol–water partition coefficient (Wildman–Crippen LogP) is 1.44. The smallest absolute Gasteiger partial charge is 0.222 e. The maximum atomic E-state index is 13.1. The third kappa shape index (κ3) is 5.54. The van der Waals surface area contributed by atoms with E-state index < -0.39 is 21.7 Å². The third-order valence-electron chi connectivity index (χ3n) is 3.77. The Kier molecular flexibility index (Phi) is 5.69. The minimum absolute atomic E-state index is 0.116. The molecule has 1 aliphatic rings. The minimum Gasteiger partial charge on any atom is -0.341 e. The summed E-state index contributed by atoms with van der Waals surface area (Å²) in [5.41, 5.74) is 0.556. The fraction of sp³-hybridized carbons (Fsp3) is 0.533. The van der Waals surface area contributed by atoms with Gasteiger partial charge in [0.05, 0.1) is 6.26 Å². The van der Waals surface area contributed by atoms with E-state index in [2.05, 4.69) is 4.72 Å². The molecule has 128 valence electrons. The normalized spacial score (nSPS) is 18.9. The summed E-state index contributed by atoms with van der Waals surface area (Å²) in [5.74, 6) is -1.95. The average molecular weight is 346 g/mol. The summed E-state index contributed by atoms with van der Waals surface area (Å²) in [6, 6.07) is 3.32. The first-order valence-electron chi connectivity index (χ1n) is 7.43. The Morgan fingerprint density at radius 1 is 1.35 bits per heavy atom. The Balaban J connectivity index is 1.88. The van der Waals surface area contributed by atoms with E-state index in [1.165, 1.54) is 6.07 Å². The van der Waals surface area contributed by atoms with Gasteiger partial charge in [0.1, 0.15) is 0 Å². The molecule has 0 bridgehead atoms. The van der Waals surface area contributed by atoms with E-state index in [-0.39, 0.29) is 18.4 Å². The molecule has 1 atom stereocenters. The molecule has 23 heavy (non-hydrogen) atoms. The van der Waals surface area contributed by atoms with Crippen LogP contribution in [0, 0.1) is 11.6 Å². The zero-order valence-corrected chi connectivity index (χ0v) is 13.7. The highest BCUT2D eigenvalue weighted by Crippen LogP contribution is 2.14. The van der Waals surface area contributed by atoms with Crippen molar-refractivity contribution in [2.24, 2.45) is 0 Å². The van der Waals surface area contributed by atoms with E-state index in [0.29, 0.717) is 31.5 Å². The molecular formula is C15H20F2N2O3S. The number of likely N-dealkylation sites (tertiary alicyclic amines) is 1. The summed E-state index contributed by atoms with van der Waals surface area (Å²) in [6.45, 7) is 0.919. The number of hydrogen-bond donors (Lipinski definition) is 1. The maximum absolute atomic E-state index is 13.1. The van der Waals surface area contributed by atoms with Gasteiger partial charge in [-0.25, -0.2) is 21.9 Å². The standard InChI is InChI=1S/C15H20F2N2O3S/c1-23(21,22)18-12-3-2-8-19(10-12)15(20)7-5-11-4-6-13(16)14(17)9-11/h4,6,9,12,18H,2-3,5,7-8,10H2,1H3. The van der Waals surface area contributed by atoms with Gasteiger partial charge >= 0.3 is 0 Å². The molecule has 1 fully saturated rings. The van der Waals surface area contributed by atoms with Crippen LogP contribution in [0.3, 0.4) is 0 Å². The molecule has 0 radical (unpaired) electrons. The number of sulfonamides is 1. The molecule has 1 N–H and O–H groups in total.